The van der Waals surface area contributed by atoms with Crippen LogP contribution in [-0.4, -0.2) is 42.1 Å². The second-order valence-corrected chi connectivity index (χ2v) is 6.81. The van der Waals surface area contributed by atoms with E-state index in [9.17, 15) is 9.59 Å². The Morgan fingerprint density at radius 1 is 1.15 bits per heavy atom. The van der Waals surface area contributed by atoms with Gasteiger partial charge in [-0.25, -0.2) is 9.69 Å². The Labute approximate surface area is 158 Å². The fourth-order valence-electron chi connectivity index (χ4n) is 3.53. The summed E-state index contributed by atoms with van der Waals surface area (Å²) in [4.78, 5) is 26.3. The van der Waals surface area contributed by atoms with E-state index in [0.29, 0.717) is 24.5 Å². The van der Waals surface area contributed by atoms with Crippen LogP contribution in [0.2, 0.25) is 0 Å². The highest BCUT2D eigenvalue weighted by Crippen LogP contribution is 2.27. The number of nitrogens with zero attached hydrogens (tertiary/aromatic N) is 1. The lowest BCUT2D eigenvalue weighted by Crippen LogP contribution is -2.45. The molecule has 2 aliphatic rings. The molecule has 0 aliphatic carbocycles. The van der Waals surface area contributed by atoms with Gasteiger partial charge in [-0.05, 0) is 49.2 Å². The number of benzene rings is 2. The molecule has 2 atom stereocenters. The maximum Gasteiger partial charge on any atom is 0.417 e. The summed E-state index contributed by atoms with van der Waals surface area (Å²) in [5.74, 6) is 0.347. The zero-order valence-corrected chi connectivity index (χ0v) is 15.0. The summed E-state index contributed by atoms with van der Waals surface area (Å²) in [6, 6.07) is 16.5. The lowest BCUT2D eigenvalue weighted by molar-refractivity contribution is 0.0773. The first-order valence-corrected chi connectivity index (χ1v) is 9.24. The molecule has 2 amide bonds. The van der Waals surface area contributed by atoms with Crippen molar-refractivity contribution in [1.29, 1.82) is 0 Å². The largest absolute Gasteiger partial charge is 0.489 e. The zero-order chi connectivity index (χ0) is 18.6. The van der Waals surface area contributed by atoms with E-state index in [-0.39, 0.29) is 18.1 Å². The number of hydrogen-bond donors (Lipinski definition) is 1. The van der Waals surface area contributed by atoms with Crippen LogP contribution in [0.5, 0.6) is 5.75 Å². The van der Waals surface area contributed by atoms with Gasteiger partial charge in [0.05, 0.1) is 6.04 Å². The minimum absolute atomic E-state index is 0.218. The Morgan fingerprint density at radius 2 is 1.93 bits per heavy atom. The average molecular weight is 366 g/mol. The number of amides is 2. The molecule has 0 unspecified atom stereocenters. The van der Waals surface area contributed by atoms with Gasteiger partial charge in [-0.15, -0.1) is 0 Å². The molecule has 4 rings (SSSR count). The van der Waals surface area contributed by atoms with E-state index in [4.69, 9.17) is 9.47 Å². The van der Waals surface area contributed by atoms with Crippen molar-refractivity contribution in [2.45, 2.75) is 31.6 Å². The highest BCUT2D eigenvalue weighted by molar-refractivity contribution is 6.04. The van der Waals surface area contributed by atoms with Gasteiger partial charge in [-0.1, -0.05) is 30.3 Å². The lowest BCUT2D eigenvalue weighted by Gasteiger charge is -2.21. The van der Waals surface area contributed by atoms with Crippen LogP contribution in [0.3, 0.4) is 0 Å². The van der Waals surface area contributed by atoms with Gasteiger partial charge in [0.15, 0.2) is 0 Å². The maximum absolute atomic E-state index is 12.9. The fourth-order valence-corrected chi connectivity index (χ4v) is 3.53. The van der Waals surface area contributed by atoms with Crippen molar-refractivity contribution < 1.29 is 19.1 Å². The summed E-state index contributed by atoms with van der Waals surface area (Å²) in [6.45, 7) is 1.91. The summed E-state index contributed by atoms with van der Waals surface area (Å²) in [5, 5.41) is 3.27. The molecule has 1 N–H and O–H groups in total. The molecule has 0 radical (unpaired) electrons. The van der Waals surface area contributed by atoms with Crippen LogP contribution < -0.4 is 10.1 Å². The Balaban J connectivity index is 1.43. The van der Waals surface area contributed by atoms with E-state index >= 15 is 0 Å². The van der Waals surface area contributed by atoms with Gasteiger partial charge in [0.25, 0.3) is 5.91 Å². The van der Waals surface area contributed by atoms with Crippen LogP contribution >= 0.6 is 0 Å². The topological polar surface area (TPSA) is 67.9 Å². The van der Waals surface area contributed by atoms with E-state index in [1.165, 1.54) is 4.90 Å². The Hall–Kier alpha value is -2.86. The number of carbonyl (C=O) groups excluding carboxylic acids is 2. The van der Waals surface area contributed by atoms with Gasteiger partial charge in [-0.3, -0.25) is 4.79 Å². The second-order valence-electron chi connectivity index (χ2n) is 6.81. The second kappa shape index (κ2) is 7.80. The maximum atomic E-state index is 12.9. The fraction of sp³-hybridized carbons (Fsp3) is 0.333. The van der Waals surface area contributed by atoms with E-state index in [0.717, 1.165) is 24.9 Å². The monoisotopic (exact) mass is 366 g/mol. The zero-order valence-electron chi connectivity index (χ0n) is 15.0. The molecule has 140 valence electrons. The van der Waals surface area contributed by atoms with Gasteiger partial charge in [0.2, 0.25) is 0 Å². The van der Waals surface area contributed by atoms with Gasteiger partial charge in [0.1, 0.15) is 18.5 Å². The molecular formula is C21H22N2O4. The van der Waals surface area contributed by atoms with Crippen LogP contribution in [0.1, 0.15) is 28.8 Å². The third kappa shape index (κ3) is 3.80. The molecule has 6 heteroatoms. The van der Waals surface area contributed by atoms with E-state index in [1.807, 2.05) is 30.3 Å². The Kier molecular flexibility index (Phi) is 5.07. The van der Waals surface area contributed by atoms with Crippen molar-refractivity contribution in [2.24, 2.45) is 0 Å². The van der Waals surface area contributed by atoms with Crippen LogP contribution in [0.25, 0.3) is 0 Å². The number of hydrogen-bond acceptors (Lipinski definition) is 5. The first-order chi connectivity index (χ1) is 13.2. The molecule has 2 aliphatic heterocycles. The molecule has 2 heterocycles. The lowest BCUT2D eigenvalue weighted by atomic mass is 10.1. The van der Waals surface area contributed by atoms with Gasteiger partial charge >= 0.3 is 6.09 Å². The van der Waals surface area contributed by atoms with E-state index in [2.05, 4.69) is 5.32 Å². The normalized spacial score (nSPS) is 21.9. The van der Waals surface area contributed by atoms with E-state index in [1.54, 1.807) is 24.3 Å². The number of carbonyl (C=O) groups is 2. The molecule has 0 bridgehead atoms. The number of rotatable bonds is 4. The molecule has 0 spiro atoms. The highest BCUT2D eigenvalue weighted by Gasteiger charge is 2.45. The van der Waals surface area contributed by atoms with Crippen molar-refractivity contribution in [3.8, 4) is 5.75 Å². The van der Waals surface area contributed by atoms with Crippen LogP contribution in [-0.2, 0) is 11.3 Å². The van der Waals surface area contributed by atoms with Crippen molar-refractivity contribution in [3.63, 3.8) is 0 Å². The predicted molar refractivity (Wildman–Crippen MR) is 99.5 cm³/mol. The molecule has 0 aromatic heterocycles. The van der Waals surface area contributed by atoms with Crippen molar-refractivity contribution in [2.75, 3.05) is 13.1 Å². The average Bonchev–Trinajstić information content (AvgIpc) is 2.86. The summed E-state index contributed by atoms with van der Waals surface area (Å²) in [5.41, 5.74) is 1.52. The first kappa shape index (κ1) is 17.5. The van der Waals surface area contributed by atoms with E-state index < -0.39 is 6.09 Å². The summed E-state index contributed by atoms with van der Waals surface area (Å²) in [7, 11) is 0. The molecule has 6 nitrogen and oxygen atoms in total. The summed E-state index contributed by atoms with van der Waals surface area (Å²) < 4.78 is 11.2. The highest BCUT2D eigenvalue weighted by atomic mass is 16.6. The number of imide groups is 1. The van der Waals surface area contributed by atoms with Crippen LogP contribution in [0.4, 0.5) is 4.79 Å². The first-order valence-electron chi connectivity index (χ1n) is 9.24. The van der Waals surface area contributed by atoms with Gasteiger partial charge in [0, 0.05) is 12.1 Å². The Bertz CT molecular complexity index is 807. The molecule has 2 aromatic rings. The molecule has 2 aromatic carbocycles. The molecule has 2 saturated heterocycles. The van der Waals surface area contributed by atoms with Gasteiger partial charge in [-0.2, -0.15) is 0 Å². The van der Waals surface area contributed by atoms with Gasteiger partial charge < -0.3 is 14.8 Å². The smallest absolute Gasteiger partial charge is 0.417 e. The van der Waals surface area contributed by atoms with Crippen LogP contribution in [0.15, 0.2) is 54.6 Å². The summed E-state index contributed by atoms with van der Waals surface area (Å²) >= 11 is 0. The quantitative estimate of drug-likeness (QED) is 0.901. The molecule has 27 heavy (non-hydrogen) atoms. The van der Waals surface area contributed by atoms with Crippen LogP contribution in [0, 0.1) is 0 Å². The Morgan fingerprint density at radius 3 is 2.70 bits per heavy atom. The van der Waals surface area contributed by atoms with Crippen molar-refractivity contribution in [1.82, 2.24) is 10.2 Å². The molecular weight excluding hydrogens is 344 g/mol. The summed E-state index contributed by atoms with van der Waals surface area (Å²) in [6.07, 6.45) is 0.941. The third-order valence-electron chi connectivity index (χ3n) is 4.97. The molecule has 2 fully saturated rings. The minimum Gasteiger partial charge on any atom is -0.489 e. The number of ether oxygens (including phenoxy) is 2. The standard InChI is InChI=1S/C21H22N2O4/c24-20(23-18-13-22-12-4-7-19(18)27-21(23)25)16-8-10-17(11-9-16)26-14-15-5-2-1-3-6-15/h1-3,5-6,8-11,18-19,22H,4,7,12-14H2/t18-,19-/m0/s1. The predicted octanol–water partition coefficient (Wildman–Crippen LogP) is 2.98. The minimum atomic E-state index is -0.553. The van der Waals surface area contributed by atoms with Crippen molar-refractivity contribution in [3.05, 3.63) is 65.7 Å². The third-order valence-corrected chi connectivity index (χ3v) is 4.97. The number of nitrogens with one attached hydrogen (secondary N) is 1. The molecule has 0 saturated carbocycles. The SMILES string of the molecule is O=C1O[C@H]2CCCNC[C@@H]2N1C(=O)c1ccc(OCc2ccccc2)cc1. The number of fused-ring (bicyclic) bond motifs is 1. The van der Waals surface area contributed by atoms with Crippen molar-refractivity contribution >= 4 is 12.0 Å².